The fraction of sp³-hybridized carbons (Fsp3) is 0.312. The molecule has 1 aliphatic carbocycles. The minimum atomic E-state index is -0.0998. The Morgan fingerprint density at radius 2 is 2.10 bits per heavy atom. The first-order valence-electron chi connectivity index (χ1n) is 7.01. The van der Waals surface area contributed by atoms with E-state index in [1.807, 2.05) is 49.5 Å². The molecule has 0 radical (unpaired) electrons. The molecule has 4 nitrogen and oxygen atoms in total. The predicted octanol–water partition coefficient (Wildman–Crippen LogP) is 3.79. The van der Waals surface area contributed by atoms with Crippen LogP contribution in [0.3, 0.4) is 0 Å². The molecule has 5 heteroatoms. The molecule has 1 saturated carbocycles. The molecule has 0 spiro atoms. The number of carbonyl (C=O) groups is 1. The van der Waals surface area contributed by atoms with Crippen LogP contribution in [-0.4, -0.2) is 24.6 Å². The monoisotopic (exact) mass is 303 g/mol. The van der Waals surface area contributed by atoms with Crippen molar-refractivity contribution < 1.29 is 4.79 Å². The van der Waals surface area contributed by atoms with Gasteiger partial charge in [0.1, 0.15) is 5.69 Å². The summed E-state index contributed by atoms with van der Waals surface area (Å²) in [4.78, 5) is 14.5. The van der Waals surface area contributed by atoms with Crippen molar-refractivity contribution in [1.82, 2.24) is 4.57 Å². The van der Waals surface area contributed by atoms with E-state index in [0.29, 0.717) is 16.8 Å². The number of amides is 1. The first kappa shape index (κ1) is 14.0. The van der Waals surface area contributed by atoms with Gasteiger partial charge in [-0.1, -0.05) is 11.6 Å². The maximum Gasteiger partial charge on any atom is 0.272 e. The first-order chi connectivity index (χ1) is 10.1. The van der Waals surface area contributed by atoms with Gasteiger partial charge in [-0.3, -0.25) is 4.79 Å². The Morgan fingerprint density at radius 1 is 1.33 bits per heavy atom. The minimum absolute atomic E-state index is 0.0998. The molecule has 0 atom stereocenters. The molecular weight excluding hydrogens is 286 g/mol. The van der Waals surface area contributed by atoms with E-state index in [9.17, 15) is 4.79 Å². The molecule has 110 valence electrons. The zero-order valence-corrected chi connectivity index (χ0v) is 12.9. The highest BCUT2D eigenvalue weighted by Gasteiger charge is 2.26. The van der Waals surface area contributed by atoms with Crippen molar-refractivity contribution in [2.75, 3.05) is 24.3 Å². The second kappa shape index (κ2) is 5.45. The lowest BCUT2D eigenvalue weighted by molar-refractivity contribution is 0.101. The molecule has 2 aromatic rings. The standard InChI is InChI=1S/C16H18ClN3O/c1-19(2)14-8-5-11(17)10-13(14)18-16(21)15-4-3-9-20(15)12-6-7-12/h3-5,8-10,12H,6-7H2,1-2H3,(H,18,21). The van der Waals surface area contributed by atoms with Gasteiger partial charge in [0.15, 0.2) is 0 Å². The SMILES string of the molecule is CN(C)c1ccc(Cl)cc1NC(=O)c1cccn1C1CC1. The van der Waals surface area contributed by atoms with E-state index in [-0.39, 0.29) is 5.91 Å². The Hall–Kier alpha value is -1.94. The number of rotatable bonds is 4. The highest BCUT2D eigenvalue weighted by molar-refractivity contribution is 6.31. The lowest BCUT2D eigenvalue weighted by Gasteiger charge is -2.18. The van der Waals surface area contributed by atoms with Crippen LogP contribution >= 0.6 is 11.6 Å². The van der Waals surface area contributed by atoms with E-state index >= 15 is 0 Å². The third-order valence-electron chi connectivity index (χ3n) is 3.64. The maximum atomic E-state index is 12.5. The van der Waals surface area contributed by atoms with Crippen molar-refractivity contribution in [3.63, 3.8) is 0 Å². The van der Waals surface area contributed by atoms with Crippen LogP contribution in [0, 0.1) is 0 Å². The normalized spacial score (nSPS) is 14.0. The van der Waals surface area contributed by atoms with Crippen LogP contribution in [0.1, 0.15) is 29.4 Å². The van der Waals surface area contributed by atoms with E-state index in [2.05, 4.69) is 9.88 Å². The van der Waals surface area contributed by atoms with Crippen molar-refractivity contribution in [2.45, 2.75) is 18.9 Å². The van der Waals surface area contributed by atoms with E-state index in [0.717, 1.165) is 24.2 Å². The van der Waals surface area contributed by atoms with Gasteiger partial charge in [0.25, 0.3) is 5.91 Å². The Balaban J connectivity index is 1.87. The van der Waals surface area contributed by atoms with Gasteiger partial charge in [0.05, 0.1) is 11.4 Å². The number of halogens is 1. The van der Waals surface area contributed by atoms with Gasteiger partial charge < -0.3 is 14.8 Å². The minimum Gasteiger partial charge on any atom is -0.376 e. The average molecular weight is 304 g/mol. The summed E-state index contributed by atoms with van der Waals surface area (Å²) in [6.07, 6.45) is 4.27. The highest BCUT2D eigenvalue weighted by atomic mass is 35.5. The summed E-state index contributed by atoms with van der Waals surface area (Å²) in [5.74, 6) is -0.0998. The molecule has 3 rings (SSSR count). The highest BCUT2D eigenvalue weighted by Crippen LogP contribution is 2.36. The number of nitrogens with zero attached hydrogens (tertiary/aromatic N) is 2. The van der Waals surface area contributed by atoms with Gasteiger partial charge in [-0.25, -0.2) is 0 Å². The largest absolute Gasteiger partial charge is 0.376 e. The third kappa shape index (κ3) is 2.90. The predicted molar refractivity (Wildman–Crippen MR) is 86.4 cm³/mol. The van der Waals surface area contributed by atoms with Crippen LogP contribution < -0.4 is 10.2 Å². The molecular formula is C16H18ClN3O. The third-order valence-corrected chi connectivity index (χ3v) is 3.88. The van der Waals surface area contributed by atoms with Crippen molar-refractivity contribution in [3.8, 4) is 0 Å². The summed E-state index contributed by atoms with van der Waals surface area (Å²) in [5.41, 5.74) is 2.35. The van der Waals surface area contributed by atoms with E-state index in [1.54, 1.807) is 6.07 Å². The van der Waals surface area contributed by atoms with Crippen molar-refractivity contribution >= 4 is 28.9 Å². The van der Waals surface area contributed by atoms with Gasteiger partial charge in [-0.2, -0.15) is 0 Å². The number of anilines is 2. The zero-order chi connectivity index (χ0) is 15.0. The lowest BCUT2D eigenvalue weighted by atomic mass is 10.2. The molecule has 1 heterocycles. The van der Waals surface area contributed by atoms with Crippen LogP contribution in [0.4, 0.5) is 11.4 Å². The Labute approximate surface area is 129 Å². The number of benzene rings is 1. The average Bonchev–Trinajstić information content (AvgIpc) is 3.15. The maximum absolute atomic E-state index is 12.5. The lowest BCUT2D eigenvalue weighted by Crippen LogP contribution is -2.19. The second-order valence-corrected chi connectivity index (χ2v) is 5.98. The number of hydrogen-bond acceptors (Lipinski definition) is 2. The van der Waals surface area contributed by atoms with E-state index in [4.69, 9.17) is 11.6 Å². The summed E-state index contributed by atoms with van der Waals surface area (Å²) in [6.45, 7) is 0. The van der Waals surface area contributed by atoms with Crippen molar-refractivity contribution in [3.05, 3.63) is 47.2 Å². The van der Waals surface area contributed by atoms with Gasteiger partial charge in [-0.15, -0.1) is 0 Å². The number of aromatic nitrogens is 1. The number of hydrogen-bond donors (Lipinski definition) is 1. The van der Waals surface area contributed by atoms with Gasteiger partial charge >= 0.3 is 0 Å². The van der Waals surface area contributed by atoms with Gasteiger partial charge in [0.2, 0.25) is 0 Å². The summed E-state index contributed by atoms with van der Waals surface area (Å²) in [6, 6.07) is 9.75. The summed E-state index contributed by atoms with van der Waals surface area (Å²) >= 11 is 6.05. The molecule has 0 bridgehead atoms. The van der Waals surface area contributed by atoms with Crippen LogP contribution in [0.5, 0.6) is 0 Å². The van der Waals surface area contributed by atoms with Gasteiger partial charge in [-0.05, 0) is 43.2 Å². The van der Waals surface area contributed by atoms with Crippen molar-refractivity contribution in [2.24, 2.45) is 0 Å². The molecule has 0 saturated heterocycles. The molecule has 1 aromatic carbocycles. The first-order valence-corrected chi connectivity index (χ1v) is 7.39. The molecule has 1 amide bonds. The Kier molecular flexibility index (Phi) is 3.64. The fourth-order valence-electron chi connectivity index (χ4n) is 2.44. The molecule has 0 aliphatic heterocycles. The van der Waals surface area contributed by atoms with Gasteiger partial charge in [0, 0.05) is 31.4 Å². The number of carbonyl (C=O) groups excluding carboxylic acids is 1. The second-order valence-electron chi connectivity index (χ2n) is 5.54. The van der Waals surface area contributed by atoms with Crippen LogP contribution in [0.2, 0.25) is 5.02 Å². The fourth-order valence-corrected chi connectivity index (χ4v) is 2.61. The van der Waals surface area contributed by atoms with Crippen LogP contribution in [0.25, 0.3) is 0 Å². The van der Waals surface area contributed by atoms with E-state index < -0.39 is 0 Å². The molecule has 1 aromatic heterocycles. The molecule has 1 N–H and O–H groups in total. The quantitative estimate of drug-likeness (QED) is 0.933. The summed E-state index contributed by atoms with van der Waals surface area (Å²) < 4.78 is 2.05. The smallest absolute Gasteiger partial charge is 0.272 e. The van der Waals surface area contributed by atoms with E-state index in [1.165, 1.54) is 0 Å². The summed E-state index contributed by atoms with van der Waals surface area (Å²) in [5, 5.41) is 3.58. The molecule has 1 aliphatic rings. The Morgan fingerprint density at radius 3 is 2.76 bits per heavy atom. The Bertz CT molecular complexity index is 674. The topological polar surface area (TPSA) is 37.3 Å². The van der Waals surface area contributed by atoms with Crippen LogP contribution in [-0.2, 0) is 0 Å². The van der Waals surface area contributed by atoms with Crippen LogP contribution in [0.15, 0.2) is 36.5 Å². The summed E-state index contributed by atoms with van der Waals surface area (Å²) in [7, 11) is 3.87. The molecule has 21 heavy (non-hydrogen) atoms. The van der Waals surface area contributed by atoms with Crippen molar-refractivity contribution in [1.29, 1.82) is 0 Å². The number of nitrogens with one attached hydrogen (secondary N) is 1. The molecule has 1 fully saturated rings. The molecule has 0 unspecified atom stereocenters. The zero-order valence-electron chi connectivity index (χ0n) is 12.1.